The van der Waals surface area contributed by atoms with E-state index in [-0.39, 0.29) is 18.3 Å². The first-order valence-electron chi connectivity index (χ1n) is 9.75. The number of aromatic nitrogens is 1. The Morgan fingerprint density at radius 3 is 2.69 bits per heavy atom. The quantitative estimate of drug-likeness (QED) is 0.609. The van der Waals surface area contributed by atoms with Gasteiger partial charge in [0.05, 0.1) is 5.52 Å². The average Bonchev–Trinajstić information content (AvgIpc) is 3.01. The van der Waals surface area contributed by atoms with E-state index >= 15 is 0 Å². The van der Waals surface area contributed by atoms with Gasteiger partial charge in [0.15, 0.2) is 6.61 Å². The first kappa shape index (κ1) is 20.9. The van der Waals surface area contributed by atoms with Crippen molar-refractivity contribution in [1.29, 1.82) is 0 Å². The number of hydrogen-bond acceptors (Lipinski definition) is 3. The van der Waals surface area contributed by atoms with Gasteiger partial charge in [-0.15, -0.1) is 0 Å². The molecular formula is C23H28FN3O2. The number of hydrogen-bond donors (Lipinski definition) is 2. The number of H-pyrrole nitrogens is 1. The summed E-state index contributed by atoms with van der Waals surface area (Å²) in [6.07, 6.45) is 0.624. The summed E-state index contributed by atoms with van der Waals surface area (Å²) < 4.78 is 19.8. The highest BCUT2D eigenvalue weighted by molar-refractivity contribution is 5.88. The van der Waals surface area contributed by atoms with Gasteiger partial charge in [0, 0.05) is 29.7 Å². The predicted molar refractivity (Wildman–Crippen MR) is 114 cm³/mol. The molecule has 0 spiro atoms. The number of aromatic amines is 1. The van der Waals surface area contributed by atoms with Crippen molar-refractivity contribution in [3.05, 3.63) is 64.6 Å². The van der Waals surface area contributed by atoms with Crippen molar-refractivity contribution in [2.45, 2.75) is 26.8 Å². The number of halogens is 1. The lowest BCUT2D eigenvalue weighted by Crippen LogP contribution is -2.30. The van der Waals surface area contributed by atoms with Crippen molar-refractivity contribution < 1.29 is 13.9 Å². The van der Waals surface area contributed by atoms with Crippen LogP contribution in [0, 0.1) is 19.7 Å². The number of para-hydroxylation sites is 1. The second-order valence-electron chi connectivity index (χ2n) is 7.58. The van der Waals surface area contributed by atoms with Crippen LogP contribution in [0.15, 0.2) is 36.4 Å². The fraction of sp³-hybridized carbons (Fsp3) is 0.348. The molecule has 0 saturated carbocycles. The Kier molecular flexibility index (Phi) is 6.54. The molecule has 2 N–H and O–H groups in total. The summed E-state index contributed by atoms with van der Waals surface area (Å²) in [6, 6.07) is 11.0. The summed E-state index contributed by atoms with van der Waals surface area (Å²) in [5, 5.41) is 3.80. The zero-order valence-electron chi connectivity index (χ0n) is 17.4. The molecule has 2 aromatic carbocycles. The fourth-order valence-electron chi connectivity index (χ4n) is 3.59. The van der Waals surface area contributed by atoms with Gasteiger partial charge in [0.2, 0.25) is 0 Å². The van der Waals surface area contributed by atoms with Gasteiger partial charge < -0.3 is 19.9 Å². The van der Waals surface area contributed by atoms with Crippen LogP contribution in [0.25, 0.3) is 10.9 Å². The maximum atomic E-state index is 14.1. The monoisotopic (exact) mass is 397 g/mol. The Balaban J connectivity index is 1.57. The number of nitrogens with zero attached hydrogens (tertiary/aromatic N) is 1. The minimum absolute atomic E-state index is 0.0367. The van der Waals surface area contributed by atoms with Gasteiger partial charge in [-0.1, -0.05) is 24.3 Å². The van der Waals surface area contributed by atoms with E-state index in [4.69, 9.17) is 4.74 Å². The summed E-state index contributed by atoms with van der Waals surface area (Å²) in [6.45, 7) is 5.07. The van der Waals surface area contributed by atoms with Crippen LogP contribution in [0.1, 0.15) is 22.4 Å². The Morgan fingerprint density at radius 1 is 1.17 bits per heavy atom. The molecule has 0 atom stereocenters. The van der Waals surface area contributed by atoms with E-state index in [1.807, 2.05) is 52.2 Å². The molecule has 6 heteroatoms. The molecule has 5 nitrogen and oxygen atoms in total. The highest BCUT2D eigenvalue weighted by atomic mass is 19.1. The van der Waals surface area contributed by atoms with Gasteiger partial charge in [0.1, 0.15) is 11.6 Å². The summed E-state index contributed by atoms with van der Waals surface area (Å²) in [4.78, 5) is 17.4. The molecule has 3 aromatic rings. The molecule has 1 heterocycles. The molecule has 0 saturated heterocycles. The van der Waals surface area contributed by atoms with Crippen molar-refractivity contribution in [2.24, 2.45) is 0 Å². The van der Waals surface area contributed by atoms with Crippen molar-refractivity contribution in [2.75, 3.05) is 27.2 Å². The van der Waals surface area contributed by atoms with Crippen molar-refractivity contribution >= 4 is 16.8 Å². The number of carbonyl (C=O) groups is 1. The lowest BCUT2D eigenvalue weighted by atomic mass is 10.0. The van der Waals surface area contributed by atoms with Crippen molar-refractivity contribution in [1.82, 2.24) is 15.2 Å². The van der Waals surface area contributed by atoms with Crippen LogP contribution in [-0.4, -0.2) is 43.0 Å². The van der Waals surface area contributed by atoms with Crippen LogP contribution >= 0.6 is 0 Å². The summed E-state index contributed by atoms with van der Waals surface area (Å²) >= 11 is 0. The number of carbonyl (C=O) groups excluding carboxylic acids is 1. The number of nitrogens with one attached hydrogen (secondary N) is 2. The highest BCUT2D eigenvalue weighted by Gasteiger charge is 2.14. The van der Waals surface area contributed by atoms with Crippen LogP contribution in [0.2, 0.25) is 0 Å². The molecular weight excluding hydrogens is 369 g/mol. The van der Waals surface area contributed by atoms with E-state index in [1.165, 1.54) is 6.07 Å². The molecule has 1 aromatic heterocycles. The molecule has 154 valence electrons. The predicted octanol–water partition coefficient (Wildman–Crippen LogP) is 3.72. The summed E-state index contributed by atoms with van der Waals surface area (Å²) in [7, 11) is 3.98. The minimum atomic E-state index is -0.256. The molecule has 29 heavy (non-hydrogen) atoms. The Bertz CT molecular complexity index is 1010. The number of aryl methyl sites for hydroxylation is 2. The van der Waals surface area contributed by atoms with Crippen LogP contribution < -0.4 is 10.1 Å². The Labute approximate surface area is 170 Å². The number of rotatable bonds is 8. The van der Waals surface area contributed by atoms with Crippen LogP contribution in [-0.2, 0) is 17.8 Å². The van der Waals surface area contributed by atoms with Crippen molar-refractivity contribution in [3.8, 4) is 5.75 Å². The molecule has 0 aliphatic heterocycles. The number of amides is 1. The van der Waals surface area contributed by atoms with Crippen molar-refractivity contribution in [3.63, 3.8) is 0 Å². The van der Waals surface area contributed by atoms with Gasteiger partial charge in [-0.3, -0.25) is 4.79 Å². The van der Waals surface area contributed by atoms with E-state index in [2.05, 4.69) is 15.2 Å². The maximum Gasteiger partial charge on any atom is 0.257 e. The topological polar surface area (TPSA) is 57.4 Å². The van der Waals surface area contributed by atoms with Crippen LogP contribution in [0.4, 0.5) is 4.39 Å². The van der Waals surface area contributed by atoms with E-state index < -0.39 is 0 Å². The second-order valence-corrected chi connectivity index (χ2v) is 7.58. The molecule has 1 amide bonds. The van der Waals surface area contributed by atoms with Crippen LogP contribution in [0.3, 0.4) is 0 Å². The van der Waals surface area contributed by atoms with Gasteiger partial charge in [-0.2, -0.15) is 0 Å². The SMILES string of the molecule is Cc1[nH]c2c(F)ccc(C)c2c1CCNC(=O)COc1ccccc1CN(C)C. The fourth-order valence-corrected chi connectivity index (χ4v) is 3.59. The molecule has 0 fully saturated rings. The van der Waals surface area contributed by atoms with Gasteiger partial charge in [-0.25, -0.2) is 4.39 Å². The molecule has 0 aliphatic rings. The van der Waals surface area contributed by atoms with Gasteiger partial charge in [-0.05, 0) is 57.6 Å². The zero-order valence-corrected chi connectivity index (χ0v) is 17.4. The van der Waals surface area contributed by atoms with E-state index in [1.54, 1.807) is 6.07 Å². The molecule has 0 unspecified atom stereocenters. The largest absolute Gasteiger partial charge is 0.483 e. The lowest BCUT2D eigenvalue weighted by molar-refractivity contribution is -0.123. The third-order valence-electron chi connectivity index (χ3n) is 4.94. The highest BCUT2D eigenvalue weighted by Crippen LogP contribution is 2.27. The number of ether oxygens (including phenoxy) is 1. The Hall–Kier alpha value is -2.86. The standard InChI is InChI=1S/C23H28FN3O2/c1-15-9-10-19(24)23-22(15)18(16(2)26-23)11-12-25-21(28)14-29-20-8-6-5-7-17(20)13-27(3)4/h5-10,26H,11-14H2,1-4H3,(H,25,28). The number of fused-ring (bicyclic) bond motifs is 1. The summed E-state index contributed by atoms with van der Waals surface area (Å²) in [5.41, 5.74) is 4.56. The first-order chi connectivity index (χ1) is 13.9. The average molecular weight is 397 g/mol. The minimum Gasteiger partial charge on any atom is -0.483 e. The molecule has 0 bridgehead atoms. The Morgan fingerprint density at radius 2 is 1.93 bits per heavy atom. The smallest absolute Gasteiger partial charge is 0.257 e. The third kappa shape index (κ3) is 4.95. The first-order valence-corrected chi connectivity index (χ1v) is 9.75. The van der Waals surface area contributed by atoms with E-state index in [0.29, 0.717) is 18.5 Å². The van der Waals surface area contributed by atoms with Gasteiger partial charge in [0.25, 0.3) is 5.91 Å². The second kappa shape index (κ2) is 9.09. The maximum absolute atomic E-state index is 14.1. The summed E-state index contributed by atoms with van der Waals surface area (Å²) in [5.74, 6) is 0.286. The van der Waals surface area contributed by atoms with Crippen LogP contribution in [0.5, 0.6) is 5.75 Å². The van der Waals surface area contributed by atoms with E-state index in [0.717, 1.165) is 40.1 Å². The zero-order chi connectivity index (χ0) is 21.0. The van der Waals surface area contributed by atoms with Gasteiger partial charge >= 0.3 is 0 Å². The van der Waals surface area contributed by atoms with E-state index in [9.17, 15) is 9.18 Å². The molecule has 0 aliphatic carbocycles. The number of benzene rings is 2. The molecule has 3 rings (SSSR count). The normalized spacial score (nSPS) is 11.2. The molecule has 0 radical (unpaired) electrons. The lowest BCUT2D eigenvalue weighted by Gasteiger charge is -2.15. The third-order valence-corrected chi connectivity index (χ3v) is 4.94.